The second kappa shape index (κ2) is 5.98. The zero-order valence-corrected chi connectivity index (χ0v) is 12.5. The van der Waals surface area contributed by atoms with Crippen molar-refractivity contribution in [3.8, 4) is 17.9 Å². The molecule has 1 nitrogen and oxygen atoms in total. The van der Waals surface area contributed by atoms with Crippen LogP contribution in [0.25, 0.3) is 0 Å². The largest absolute Gasteiger partial charge is 0.192 e. The summed E-state index contributed by atoms with van der Waals surface area (Å²) in [7, 11) is 0. The number of nitrogens with zero attached hydrogens (tertiary/aromatic N) is 1. The van der Waals surface area contributed by atoms with Crippen molar-refractivity contribution in [2.75, 3.05) is 0 Å². The van der Waals surface area contributed by atoms with E-state index in [1.807, 2.05) is 24.3 Å². The van der Waals surface area contributed by atoms with Gasteiger partial charge in [0.2, 0.25) is 0 Å². The van der Waals surface area contributed by atoms with Gasteiger partial charge in [-0.3, -0.25) is 0 Å². The molecule has 0 radical (unpaired) electrons. The maximum Gasteiger partial charge on any atom is 0.0991 e. The number of benzene rings is 1. The molecule has 0 N–H and O–H groups in total. The van der Waals surface area contributed by atoms with Crippen LogP contribution >= 0.6 is 0 Å². The van der Waals surface area contributed by atoms with E-state index in [0.29, 0.717) is 11.0 Å². The number of rotatable bonds is 0. The molecule has 0 bridgehead atoms. The molecule has 1 aromatic carbocycles. The third-order valence-electron chi connectivity index (χ3n) is 4.02. The first-order valence-electron chi connectivity index (χ1n) is 7.20. The van der Waals surface area contributed by atoms with E-state index in [9.17, 15) is 0 Å². The maximum absolute atomic E-state index is 8.76. The third kappa shape index (κ3) is 3.75. The fourth-order valence-electron chi connectivity index (χ4n) is 2.51. The SMILES string of the molecule is CC(C)(C)C1CC=C(C#Cc2ccc(C#N)cc2)CC1. The molecule has 0 heterocycles. The van der Waals surface area contributed by atoms with Gasteiger partial charge in [0.25, 0.3) is 0 Å². The molecule has 20 heavy (non-hydrogen) atoms. The standard InChI is InChI=1S/C19H21N/c1-19(2,3)18-12-10-16(11-13-18)5-4-15-6-8-17(14-20)9-7-15/h6-10,18H,11-13H2,1-3H3. The van der Waals surface area contributed by atoms with Gasteiger partial charge in [-0.15, -0.1) is 0 Å². The molecule has 102 valence electrons. The van der Waals surface area contributed by atoms with Crippen molar-refractivity contribution in [2.24, 2.45) is 11.3 Å². The van der Waals surface area contributed by atoms with Crippen molar-refractivity contribution in [3.05, 3.63) is 47.0 Å². The normalized spacial score (nSPS) is 18.5. The zero-order valence-electron chi connectivity index (χ0n) is 12.5. The van der Waals surface area contributed by atoms with Crippen LogP contribution in [0.5, 0.6) is 0 Å². The zero-order chi connectivity index (χ0) is 14.6. The van der Waals surface area contributed by atoms with Crippen molar-refractivity contribution in [3.63, 3.8) is 0 Å². The summed E-state index contributed by atoms with van der Waals surface area (Å²) in [6.07, 6.45) is 5.76. The minimum Gasteiger partial charge on any atom is -0.192 e. The molecule has 0 fully saturated rings. The molecular weight excluding hydrogens is 242 g/mol. The average Bonchev–Trinajstić information content (AvgIpc) is 2.45. The highest BCUT2D eigenvalue weighted by Gasteiger charge is 2.25. The van der Waals surface area contributed by atoms with Crippen LogP contribution in [0, 0.1) is 34.5 Å². The fourth-order valence-corrected chi connectivity index (χ4v) is 2.51. The molecule has 1 aromatic rings. The molecule has 0 amide bonds. The van der Waals surface area contributed by atoms with Crippen molar-refractivity contribution in [1.29, 1.82) is 5.26 Å². The second-order valence-corrected chi connectivity index (χ2v) is 6.51. The smallest absolute Gasteiger partial charge is 0.0991 e. The lowest BCUT2D eigenvalue weighted by Crippen LogP contribution is -2.21. The van der Waals surface area contributed by atoms with Crippen molar-refractivity contribution >= 4 is 0 Å². The first kappa shape index (κ1) is 14.4. The van der Waals surface area contributed by atoms with E-state index < -0.39 is 0 Å². The number of allylic oxidation sites excluding steroid dienone is 2. The van der Waals surface area contributed by atoms with Gasteiger partial charge in [-0.2, -0.15) is 5.26 Å². The summed E-state index contributed by atoms with van der Waals surface area (Å²) >= 11 is 0. The Morgan fingerprint density at radius 1 is 1.05 bits per heavy atom. The molecule has 0 aromatic heterocycles. The highest BCUT2D eigenvalue weighted by Crippen LogP contribution is 2.36. The van der Waals surface area contributed by atoms with Gasteiger partial charge < -0.3 is 0 Å². The van der Waals surface area contributed by atoms with Gasteiger partial charge in [-0.1, -0.05) is 38.7 Å². The second-order valence-electron chi connectivity index (χ2n) is 6.51. The summed E-state index contributed by atoms with van der Waals surface area (Å²) in [6.45, 7) is 6.96. The van der Waals surface area contributed by atoms with Gasteiger partial charge in [-0.05, 0) is 60.4 Å². The van der Waals surface area contributed by atoms with E-state index in [4.69, 9.17) is 5.26 Å². The highest BCUT2D eigenvalue weighted by atomic mass is 14.3. The number of hydrogen-bond donors (Lipinski definition) is 0. The Hall–Kier alpha value is -1.99. The molecule has 1 unspecified atom stereocenters. The summed E-state index contributed by atoms with van der Waals surface area (Å²) in [5, 5.41) is 8.76. The Morgan fingerprint density at radius 3 is 2.20 bits per heavy atom. The Kier molecular flexibility index (Phi) is 4.31. The summed E-state index contributed by atoms with van der Waals surface area (Å²) < 4.78 is 0. The van der Waals surface area contributed by atoms with E-state index in [2.05, 4.69) is 44.8 Å². The number of nitriles is 1. The van der Waals surface area contributed by atoms with Gasteiger partial charge in [0.1, 0.15) is 0 Å². The number of hydrogen-bond acceptors (Lipinski definition) is 1. The van der Waals surface area contributed by atoms with Crippen LogP contribution in [0.2, 0.25) is 0 Å². The van der Waals surface area contributed by atoms with Crippen molar-refractivity contribution in [2.45, 2.75) is 40.0 Å². The topological polar surface area (TPSA) is 23.8 Å². The predicted molar refractivity (Wildman–Crippen MR) is 82.9 cm³/mol. The summed E-state index contributed by atoms with van der Waals surface area (Å²) in [6, 6.07) is 9.57. The minimum atomic E-state index is 0.391. The molecule has 0 aliphatic heterocycles. The minimum absolute atomic E-state index is 0.391. The first-order chi connectivity index (χ1) is 9.49. The van der Waals surface area contributed by atoms with E-state index in [-0.39, 0.29) is 0 Å². The van der Waals surface area contributed by atoms with Crippen LogP contribution in [-0.4, -0.2) is 0 Å². The van der Waals surface area contributed by atoms with E-state index >= 15 is 0 Å². The molecule has 1 atom stereocenters. The fraction of sp³-hybridized carbons (Fsp3) is 0.421. The monoisotopic (exact) mass is 263 g/mol. The van der Waals surface area contributed by atoms with Gasteiger partial charge in [0.15, 0.2) is 0 Å². The lowest BCUT2D eigenvalue weighted by Gasteiger charge is -2.32. The molecule has 2 rings (SSSR count). The quantitative estimate of drug-likeness (QED) is 0.623. The average molecular weight is 263 g/mol. The molecular formula is C19H21N. The van der Waals surface area contributed by atoms with Crippen LogP contribution in [-0.2, 0) is 0 Å². The molecule has 1 heteroatoms. The van der Waals surface area contributed by atoms with Gasteiger partial charge >= 0.3 is 0 Å². The third-order valence-corrected chi connectivity index (χ3v) is 4.02. The molecule has 1 aliphatic rings. The molecule has 0 spiro atoms. The molecule has 1 aliphatic carbocycles. The van der Waals surface area contributed by atoms with E-state index in [1.165, 1.54) is 12.0 Å². The highest BCUT2D eigenvalue weighted by molar-refractivity contribution is 5.43. The molecule has 0 saturated heterocycles. The van der Waals surface area contributed by atoms with Gasteiger partial charge in [0, 0.05) is 5.56 Å². The van der Waals surface area contributed by atoms with Gasteiger partial charge in [-0.25, -0.2) is 0 Å². The summed E-state index contributed by atoms with van der Waals surface area (Å²) in [5.74, 6) is 7.23. The first-order valence-corrected chi connectivity index (χ1v) is 7.20. The Morgan fingerprint density at radius 2 is 1.70 bits per heavy atom. The Labute approximate surface area is 122 Å². The van der Waals surface area contributed by atoms with Crippen molar-refractivity contribution < 1.29 is 0 Å². The lowest BCUT2D eigenvalue weighted by molar-refractivity contribution is 0.222. The maximum atomic E-state index is 8.76. The van der Waals surface area contributed by atoms with Crippen LogP contribution in [0.4, 0.5) is 0 Å². The Bertz CT molecular complexity index is 594. The van der Waals surface area contributed by atoms with Crippen LogP contribution in [0.3, 0.4) is 0 Å². The molecule has 0 saturated carbocycles. The van der Waals surface area contributed by atoms with Crippen molar-refractivity contribution in [1.82, 2.24) is 0 Å². The van der Waals surface area contributed by atoms with Crippen LogP contribution in [0.15, 0.2) is 35.9 Å². The predicted octanol–water partition coefficient (Wildman–Crippen LogP) is 4.68. The van der Waals surface area contributed by atoms with Crippen LogP contribution < -0.4 is 0 Å². The lowest BCUT2D eigenvalue weighted by atomic mass is 9.73. The summed E-state index contributed by atoms with van der Waals surface area (Å²) in [5.41, 5.74) is 3.31. The summed E-state index contributed by atoms with van der Waals surface area (Å²) in [4.78, 5) is 0. The van der Waals surface area contributed by atoms with E-state index in [0.717, 1.165) is 24.3 Å². The van der Waals surface area contributed by atoms with Crippen LogP contribution in [0.1, 0.15) is 51.2 Å². The Balaban J connectivity index is 2.03. The van der Waals surface area contributed by atoms with Gasteiger partial charge in [0.05, 0.1) is 11.6 Å². The van der Waals surface area contributed by atoms with E-state index in [1.54, 1.807) is 0 Å².